The first-order valence-corrected chi connectivity index (χ1v) is 10.4. The number of nitrogens with zero attached hydrogens (tertiary/aromatic N) is 2. The average molecular weight is 382 g/mol. The van der Waals surface area contributed by atoms with Crippen molar-refractivity contribution >= 4 is 17.8 Å². The van der Waals surface area contributed by atoms with Crippen LogP contribution >= 0.6 is 0 Å². The molecule has 1 atom stereocenters. The lowest BCUT2D eigenvalue weighted by Gasteiger charge is -2.32. The van der Waals surface area contributed by atoms with Crippen LogP contribution in [-0.2, 0) is 19.1 Å². The number of amides is 2. The van der Waals surface area contributed by atoms with Gasteiger partial charge in [0.25, 0.3) is 0 Å². The number of rotatable bonds is 9. The van der Waals surface area contributed by atoms with E-state index in [4.69, 9.17) is 0 Å². The topological polar surface area (TPSA) is 79.0 Å². The molecule has 7 nitrogen and oxygen atoms in total. The molecule has 0 radical (unpaired) electrons. The lowest BCUT2D eigenvalue weighted by atomic mass is 9.92. The Morgan fingerprint density at radius 2 is 1.78 bits per heavy atom. The summed E-state index contributed by atoms with van der Waals surface area (Å²) in [6, 6.07) is 0.498. The number of ether oxygens (including phenoxy) is 1. The normalized spacial score (nSPS) is 21.3. The van der Waals surface area contributed by atoms with Crippen LogP contribution in [0.2, 0.25) is 0 Å². The molecule has 0 aromatic carbocycles. The first-order chi connectivity index (χ1) is 13.0. The molecule has 0 spiro atoms. The standard InChI is InChI=1S/C20H35N3O4/c1-3-22-12-4-5-17(22)15-21-18(24)7-6-16-10-13-23(14-11-16)19(25)8-9-20(26)27-2/h16-17H,3-15H2,1-2H3,(H,21,24). The molecule has 0 saturated carbocycles. The van der Waals surface area contributed by atoms with Crippen LogP contribution in [-0.4, -0.2) is 73.5 Å². The molecule has 1 N–H and O–H groups in total. The van der Waals surface area contributed by atoms with Gasteiger partial charge in [-0.1, -0.05) is 6.92 Å². The highest BCUT2D eigenvalue weighted by Crippen LogP contribution is 2.22. The monoisotopic (exact) mass is 381 g/mol. The van der Waals surface area contributed by atoms with Gasteiger partial charge in [0.2, 0.25) is 11.8 Å². The number of hydrogen-bond acceptors (Lipinski definition) is 5. The number of carbonyl (C=O) groups is 3. The molecule has 0 aromatic heterocycles. The fourth-order valence-electron chi connectivity index (χ4n) is 4.14. The van der Waals surface area contributed by atoms with Crippen LogP contribution in [0.4, 0.5) is 0 Å². The molecule has 0 aliphatic carbocycles. The zero-order valence-electron chi connectivity index (χ0n) is 16.9. The zero-order chi connectivity index (χ0) is 19.6. The van der Waals surface area contributed by atoms with Gasteiger partial charge < -0.3 is 15.0 Å². The van der Waals surface area contributed by atoms with Crippen LogP contribution in [0, 0.1) is 5.92 Å². The van der Waals surface area contributed by atoms with E-state index in [2.05, 4.69) is 21.9 Å². The molecule has 2 rings (SSSR count). The number of nitrogens with one attached hydrogen (secondary N) is 1. The third-order valence-corrected chi connectivity index (χ3v) is 5.96. The number of likely N-dealkylation sites (N-methyl/N-ethyl adjacent to an activating group) is 1. The second-order valence-corrected chi connectivity index (χ2v) is 7.67. The van der Waals surface area contributed by atoms with Crippen LogP contribution in [0.15, 0.2) is 0 Å². The van der Waals surface area contributed by atoms with Gasteiger partial charge >= 0.3 is 5.97 Å². The molecule has 2 saturated heterocycles. The Morgan fingerprint density at radius 3 is 2.44 bits per heavy atom. The van der Waals surface area contributed by atoms with Crippen LogP contribution in [0.5, 0.6) is 0 Å². The largest absolute Gasteiger partial charge is 0.469 e. The Balaban J connectivity index is 1.58. The summed E-state index contributed by atoms with van der Waals surface area (Å²) in [5.41, 5.74) is 0. The molecule has 0 aromatic rings. The van der Waals surface area contributed by atoms with E-state index in [0.29, 0.717) is 18.4 Å². The Hall–Kier alpha value is -1.63. The third kappa shape index (κ3) is 7.13. The summed E-state index contributed by atoms with van der Waals surface area (Å²) in [6.45, 7) is 6.58. The lowest BCUT2D eigenvalue weighted by Crippen LogP contribution is -2.40. The average Bonchev–Trinajstić information content (AvgIpc) is 3.16. The summed E-state index contributed by atoms with van der Waals surface area (Å²) in [7, 11) is 1.34. The molecule has 2 heterocycles. The maximum absolute atomic E-state index is 12.1. The van der Waals surface area contributed by atoms with Crippen molar-refractivity contribution in [3.05, 3.63) is 0 Å². The van der Waals surface area contributed by atoms with E-state index in [1.807, 2.05) is 4.90 Å². The maximum atomic E-state index is 12.1. The van der Waals surface area contributed by atoms with E-state index in [9.17, 15) is 14.4 Å². The van der Waals surface area contributed by atoms with Crippen LogP contribution in [0.25, 0.3) is 0 Å². The summed E-state index contributed by atoms with van der Waals surface area (Å²) in [6.07, 6.45) is 6.09. The zero-order valence-corrected chi connectivity index (χ0v) is 16.9. The van der Waals surface area contributed by atoms with Crippen molar-refractivity contribution in [1.82, 2.24) is 15.1 Å². The van der Waals surface area contributed by atoms with E-state index >= 15 is 0 Å². The summed E-state index contributed by atoms with van der Waals surface area (Å²) in [5, 5.41) is 3.10. The Kier molecular flexibility index (Phi) is 9.04. The van der Waals surface area contributed by atoms with E-state index in [1.165, 1.54) is 20.0 Å². The Bertz CT molecular complexity index is 503. The van der Waals surface area contributed by atoms with Crippen molar-refractivity contribution in [2.24, 2.45) is 5.92 Å². The fraction of sp³-hybridized carbons (Fsp3) is 0.850. The molecule has 2 fully saturated rings. The van der Waals surface area contributed by atoms with Crippen molar-refractivity contribution in [2.45, 2.75) is 64.3 Å². The van der Waals surface area contributed by atoms with Crippen molar-refractivity contribution in [2.75, 3.05) is 39.8 Å². The number of likely N-dealkylation sites (tertiary alicyclic amines) is 2. The van der Waals surface area contributed by atoms with E-state index in [1.54, 1.807) is 0 Å². The van der Waals surface area contributed by atoms with Gasteiger partial charge in [-0.3, -0.25) is 19.3 Å². The third-order valence-electron chi connectivity index (χ3n) is 5.96. The maximum Gasteiger partial charge on any atom is 0.306 e. The molecular weight excluding hydrogens is 346 g/mol. The summed E-state index contributed by atoms with van der Waals surface area (Å²) >= 11 is 0. The minimum Gasteiger partial charge on any atom is -0.469 e. The van der Waals surface area contributed by atoms with E-state index in [0.717, 1.165) is 52.0 Å². The summed E-state index contributed by atoms with van der Waals surface area (Å²) in [4.78, 5) is 39.7. The van der Waals surface area contributed by atoms with Gasteiger partial charge in [-0.15, -0.1) is 0 Å². The van der Waals surface area contributed by atoms with Gasteiger partial charge in [-0.05, 0) is 51.1 Å². The molecule has 2 amide bonds. The van der Waals surface area contributed by atoms with Gasteiger partial charge in [0.05, 0.1) is 13.5 Å². The molecule has 2 aliphatic rings. The van der Waals surface area contributed by atoms with Gasteiger partial charge in [-0.2, -0.15) is 0 Å². The lowest BCUT2D eigenvalue weighted by molar-refractivity contribution is -0.144. The van der Waals surface area contributed by atoms with Crippen LogP contribution in [0.1, 0.15) is 58.3 Å². The SMILES string of the molecule is CCN1CCCC1CNC(=O)CCC1CCN(C(=O)CCC(=O)OC)CC1. The highest BCUT2D eigenvalue weighted by Gasteiger charge is 2.25. The van der Waals surface area contributed by atoms with Crippen molar-refractivity contribution in [1.29, 1.82) is 0 Å². The highest BCUT2D eigenvalue weighted by atomic mass is 16.5. The Labute approximate surface area is 162 Å². The molecule has 2 aliphatic heterocycles. The van der Waals surface area contributed by atoms with Gasteiger partial charge in [0.1, 0.15) is 0 Å². The number of carbonyl (C=O) groups excluding carboxylic acids is 3. The van der Waals surface area contributed by atoms with Gasteiger partial charge in [0.15, 0.2) is 0 Å². The number of hydrogen-bond donors (Lipinski definition) is 1. The quantitative estimate of drug-likeness (QED) is 0.613. The molecule has 27 heavy (non-hydrogen) atoms. The van der Waals surface area contributed by atoms with Crippen LogP contribution < -0.4 is 5.32 Å². The van der Waals surface area contributed by atoms with Crippen LogP contribution in [0.3, 0.4) is 0 Å². The van der Waals surface area contributed by atoms with Crippen molar-refractivity contribution in [3.63, 3.8) is 0 Å². The van der Waals surface area contributed by atoms with Crippen molar-refractivity contribution in [3.8, 4) is 0 Å². The first-order valence-electron chi connectivity index (χ1n) is 10.4. The van der Waals surface area contributed by atoms with E-state index < -0.39 is 0 Å². The highest BCUT2D eigenvalue weighted by molar-refractivity contribution is 5.81. The molecular formula is C20H35N3O4. The Morgan fingerprint density at radius 1 is 1.04 bits per heavy atom. The molecule has 0 bridgehead atoms. The minimum atomic E-state index is -0.344. The number of methoxy groups -OCH3 is 1. The smallest absolute Gasteiger partial charge is 0.306 e. The molecule has 154 valence electrons. The predicted molar refractivity (Wildman–Crippen MR) is 103 cm³/mol. The second kappa shape index (κ2) is 11.3. The molecule has 7 heteroatoms. The molecule has 1 unspecified atom stereocenters. The minimum absolute atomic E-state index is 0.0219. The van der Waals surface area contributed by atoms with E-state index in [-0.39, 0.29) is 30.6 Å². The summed E-state index contributed by atoms with van der Waals surface area (Å²) < 4.78 is 4.57. The number of piperidine rings is 1. The number of esters is 1. The first kappa shape index (κ1) is 21.7. The van der Waals surface area contributed by atoms with Crippen molar-refractivity contribution < 1.29 is 19.1 Å². The predicted octanol–water partition coefficient (Wildman–Crippen LogP) is 1.56. The van der Waals surface area contributed by atoms with Gasteiger partial charge in [-0.25, -0.2) is 0 Å². The van der Waals surface area contributed by atoms with Gasteiger partial charge in [0, 0.05) is 38.5 Å². The summed E-state index contributed by atoms with van der Waals surface area (Å²) in [5.74, 6) is 0.325. The fourth-order valence-corrected chi connectivity index (χ4v) is 4.14. The second-order valence-electron chi connectivity index (χ2n) is 7.67.